The standard InChI is InChI=1S/C18H21NO4S/c1-2-23-16-7-9-17(10-8-16)24(21,22)19-13-18(20)11-14-5-3-4-6-15(14)12-18/h3-10,19-20H,2,11-13H2,1H3. The molecule has 24 heavy (non-hydrogen) atoms. The second kappa shape index (κ2) is 6.55. The van der Waals surface area contributed by atoms with Crippen molar-refractivity contribution in [1.29, 1.82) is 0 Å². The third-order valence-electron chi connectivity index (χ3n) is 4.19. The number of aliphatic hydroxyl groups is 1. The average molecular weight is 347 g/mol. The Morgan fingerprint density at radius 1 is 1.08 bits per heavy atom. The average Bonchev–Trinajstić information content (AvgIpc) is 2.91. The summed E-state index contributed by atoms with van der Waals surface area (Å²) in [4.78, 5) is 0.157. The monoisotopic (exact) mass is 347 g/mol. The van der Waals surface area contributed by atoms with Gasteiger partial charge in [-0.25, -0.2) is 13.1 Å². The van der Waals surface area contributed by atoms with Gasteiger partial charge in [0.25, 0.3) is 0 Å². The van der Waals surface area contributed by atoms with Crippen LogP contribution in [0.5, 0.6) is 5.75 Å². The molecule has 3 rings (SSSR count). The summed E-state index contributed by atoms with van der Waals surface area (Å²) in [5, 5.41) is 10.7. The molecule has 0 saturated heterocycles. The van der Waals surface area contributed by atoms with Crippen LogP contribution in [0.1, 0.15) is 18.1 Å². The Morgan fingerprint density at radius 3 is 2.21 bits per heavy atom. The molecule has 0 saturated carbocycles. The molecule has 0 aliphatic heterocycles. The Balaban J connectivity index is 1.67. The molecule has 0 unspecified atom stereocenters. The Bertz CT molecular complexity index is 790. The third kappa shape index (κ3) is 3.61. The number of sulfonamides is 1. The molecular weight excluding hydrogens is 326 g/mol. The number of hydrogen-bond acceptors (Lipinski definition) is 4. The van der Waals surface area contributed by atoms with Gasteiger partial charge in [0.1, 0.15) is 5.75 Å². The van der Waals surface area contributed by atoms with Crippen molar-refractivity contribution in [2.24, 2.45) is 0 Å². The molecule has 0 spiro atoms. The van der Waals surface area contributed by atoms with Gasteiger partial charge in [0.05, 0.1) is 17.1 Å². The molecule has 2 aromatic rings. The molecule has 2 N–H and O–H groups in total. The number of hydrogen-bond donors (Lipinski definition) is 2. The lowest BCUT2D eigenvalue weighted by Gasteiger charge is -2.22. The van der Waals surface area contributed by atoms with Crippen LogP contribution >= 0.6 is 0 Å². The van der Waals surface area contributed by atoms with Crippen LogP contribution < -0.4 is 9.46 Å². The number of nitrogens with one attached hydrogen (secondary N) is 1. The van der Waals surface area contributed by atoms with Crippen molar-refractivity contribution in [2.45, 2.75) is 30.3 Å². The minimum Gasteiger partial charge on any atom is -0.494 e. The molecule has 0 fully saturated rings. The molecule has 0 amide bonds. The van der Waals surface area contributed by atoms with Gasteiger partial charge >= 0.3 is 0 Å². The van der Waals surface area contributed by atoms with Crippen molar-refractivity contribution in [3.8, 4) is 5.75 Å². The fourth-order valence-corrected chi connectivity index (χ4v) is 4.11. The van der Waals surface area contributed by atoms with Gasteiger partial charge in [-0.2, -0.15) is 0 Å². The molecule has 1 aliphatic rings. The van der Waals surface area contributed by atoms with E-state index in [0.29, 0.717) is 25.2 Å². The Labute approximate surface area is 142 Å². The van der Waals surface area contributed by atoms with Crippen molar-refractivity contribution >= 4 is 10.0 Å². The first-order valence-electron chi connectivity index (χ1n) is 7.94. The second-order valence-electron chi connectivity index (χ2n) is 6.08. The van der Waals surface area contributed by atoms with Crippen LogP contribution in [0.15, 0.2) is 53.4 Å². The Hall–Kier alpha value is -1.89. The van der Waals surface area contributed by atoms with E-state index in [9.17, 15) is 13.5 Å². The molecule has 1 aliphatic carbocycles. The normalized spacial score (nSPS) is 15.9. The fourth-order valence-electron chi connectivity index (χ4n) is 2.99. The molecule has 6 heteroatoms. The number of ether oxygens (including phenoxy) is 1. The van der Waals surface area contributed by atoms with Gasteiger partial charge in [0.15, 0.2) is 0 Å². The summed E-state index contributed by atoms with van der Waals surface area (Å²) < 4.78 is 32.7. The summed E-state index contributed by atoms with van der Waals surface area (Å²) in [5.41, 5.74) is 1.06. The van der Waals surface area contributed by atoms with Gasteiger partial charge in [-0.3, -0.25) is 0 Å². The maximum Gasteiger partial charge on any atom is 0.240 e. The Morgan fingerprint density at radius 2 is 1.67 bits per heavy atom. The molecule has 0 atom stereocenters. The van der Waals surface area contributed by atoms with Crippen molar-refractivity contribution < 1.29 is 18.3 Å². The SMILES string of the molecule is CCOc1ccc(S(=O)(=O)NCC2(O)Cc3ccccc3C2)cc1. The number of benzene rings is 2. The minimum absolute atomic E-state index is 0.0166. The van der Waals surface area contributed by atoms with Crippen molar-refractivity contribution in [3.63, 3.8) is 0 Å². The van der Waals surface area contributed by atoms with E-state index < -0.39 is 15.6 Å². The summed E-state index contributed by atoms with van der Waals surface area (Å²) in [5.74, 6) is 0.626. The zero-order valence-electron chi connectivity index (χ0n) is 13.5. The lowest BCUT2D eigenvalue weighted by atomic mass is 10.0. The molecule has 0 aromatic heterocycles. The largest absolute Gasteiger partial charge is 0.494 e. The van der Waals surface area contributed by atoms with Gasteiger partial charge in [-0.15, -0.1) is 0 Å². The highest BCUT2D eigenvalue weighted by molar-refractivity contribution is 7.89. The van der Waals surface area contributed by atoms with E-state index in [1.807, 2.05) is 31.2 Å². The topological polar surface area (TPSA) is 75.6 Å². The second-order valence-corrected chi connectivity index (χ2v) is 7.84. The summed E-state index contributed by atoms with van der Waals surface area (Å²) in [6.07, 6.45) is 0.907. The van der Waals surface area contributed by atoms with E-state index in [1.54, 1.807) is 12.1 Å². The fraction of sp³-hybridized carbons (Fsp3) is 0.333. The van der Waals surface area contributed by atoms with E-state index in [2.05, 4.69) is 4.72 Å². The van der Waals surface area contributed by atoms with E-state index in [4.69, 9.17) is 4.74 Å². The van der Waals surface area contributed by atoms with Crippen molar-refractivity contribution in [3.05, 3.63) is 59.7 Å². The lowest BCUT2D eigenvalue weighted by molar-refractivity contribution is 0.0567. The molecule has 128 valence electrons. The zero-order valence-corrected chi connectivity index (χ0v) is 14.3. The smallest absolute Gasteiger partial charge is 0.240 e. The molecular formula is C18H21NO4S. The van der Waals surface area contributed by atoms with Crippen molar-refractivity contribution in [2.75, 3.05) is 13.2 Å². The zero-order chi connectivity index (χ0) is 17.2. The lowest BCUT2D eigenvalue weighted by Crippen LogP contribution is -2.43. The van der Waals surface area contributed by atoms with Crippen LogP contribution in [0.2, 0.25) is 0 Å². The van der Waals surface area contributed by atoms with Crippen LogP contribution in [0.25, 0.3) is 0 Å². The molecule has 0 heterocycles. The highest BCUT2D eigenvalue weighted by Crippen LogP contribution is 2.29. The van der Waals surface area contributed by atoms with Gasteiger partial charge < -0.3 is 9.84 Å². The van der Waals surface area contributed by atoms with Gasteiger partial charge in [0, 0.05) is 19.4 Å². The third-order valence-corrected chi connectivity index (χ3v) is 5.61. The van der Waals surface area contributed by atoms with Gasteiger partial charge in [0.2, 0.25) is 10.0 Å². The molecule has 0 radical (unpaired) electrons. The highest BCUT2D eigenvalue weighted by Gasteiger charge is 2.36. The first-order chi connectivity index (χ1) is 11.4. The van der Waals surface area contributed by atoms with E-state index >= 15 is 0 Å². The summed E-state index contributed by atoms with van der Waals surface area (Å²) in [6, 6.07) is 14.0. The number of rotatable bonds is 6. The summed E-state index contributed by atoms with van der Waals surface area (Å²) >= 11 is 0. The first kappa shape index (κ1) is 17.0. The first-order valence-corrected chi connectivity index (χ1v) is 9.42. The minimum atomic E-state index is -3.67. The number of fused-ring (bicyclic) bond motifs is 1. The van der Waals surface area contributed by atoms with E-state index in [0.717, 1.165) is 11.1 Å². The maximum atomic E-state index is 12.4. The summed E-state index contributed by atoms with van der Waals surface area (Å²) in [6.45, 7) is 2.38. The van der Waals surface area contributed by atoms with Gasteiger partial charge in [-0.1, -0.05) is 24.3 Å². The highest BCUT2D eigenvalue weighted by atomic mass is 32.2. The summed E-state index contributed by atoms with van der Waals surface area (Å²) in [7, 11) is -3.67. The van der Waals surface area contributed by atoms with Crippen LogP contribution in [-0.2, 0) is 22.9 Å². The van der Waals surface area contributed by atoms with Crippen LogP contribution in [0.4, 0.5) is 0 Å². The Kier molecular flexibility index (Phi) is 4.62. The van der Waals surface area contributed by atoms with Crippen LogP contribution in [0.3, 0.4) is 0 Å². The molecule has 5 nitrogen and oxygen atoms in total. The van der Waals surface area contributed by atoms with Crippen molar-refractivity contribution in [1.82, 2.24) is 4.72 Å². The van der Waals surface area contributed by atoms with Gasteiger partial charge in [-0.05, 0) is 42.3 Å². The molecule has 0 bridgehead atoms. The predicted molar refractivity (Wildman–Crippen MR) is 91.6 cm³/mol. The maximum absolute atomic E-state index is 12.4. The predicted octanol–water partition coefficient (Wildman–Crippen LogP) is 1.89. The van der Waals surface area contributed by atoms with E-state index in [-0.39, 0.29) is 11.4 Å². The van der Waals surface area contributed by atoms with Crippen LogP contribution in [0, 0.1) is 0 Å². The molecule has 2 aromatic carbocycles. The van der Waals surface area contributed by atoms with E-state index in [1.165, 1.54) is 12.1 Å². The quantitative estimate of drug-likeness (QED) is 0.837. The van der Waals surface area contributed by atoms with Crippen LogP contribution in [-0.4, -0.2) is 32.3 Å².